The van der Waals surface area contributed by atoms with E-state index in [1.54, 1.807) is 0 Å². The molecule has 0 unspecified atom stereocenters. The van der Waals surface area contributed by atoms with E-state index in [-0.39, 0.29) is 24.8 Å². The Kier molecular flexibility index (Phi) is 7.11. The van der Waals surface area contributed by atoms with Gasteiger partial charge in [0.2, 0.25) is 11.7 Å². The number of benzene rings is 1. The van der Waals surface area contributed by atoms with Crippen LogP contribution in [0.25, 0.3) is 11.4 Å². The second-order valence-corrected chi connectivity index (χ2v) is 4.91. The zero-order valence-corrected chi connectivity index (χ0v) is 13.5. The summed E-state index contributed by atoms with van der Waals surface area (Å²) >= 11 is 0. The largest absolute Gasteiger partial charge is 0.338 e. The highest BCUT2D eigenvalue weighted by molar-refractivity contribution is 5.85. The van der Waals surface area contributed by atoms with Gasteiger partial charge in [-0.3, -0.25) is 4.90 Å². The monoisotopic (exact) mass is 330 g/mol. The van der Waals surface area contributed by atoms with Gasteiger partial charge in [-0.05, 0) is 13.0 Å². The van der Waals surface area contributed by atoms with Crippen molar-refractivity contribution in [1.82, 2.24) is 20.4 Å². The predicted molar refractivity (Wildman–Crippen MR) is 87.1 cm³/mol. The molecule has 0 radical (unpaired) electrons. The molecule has 1 aliphatic heterocycles. The molecule has 0 spiro atoms. The topological polar surface area (TPSA) is 54.2 Å². The van der Waals surface area contributed by atoms with Crippen molar-refractivity contribution in [2.45, 2.75) is 13.5 Å². The zero-order valence-electron chi connectivity index (χ0n) is 11.9. The smallest absolute Gasteiger partial charge is 0.241 e. The van der Waals surface area contributed by atoms with Gasteiger partial charge in [0, 0.05) is 31.7 Å². The number of nitrogens with zero attached hydrogens (tertiary/aromatic N) is 3. The minimum absolute atomic E-state index is 0. The minimum atomic E-state index is 0. The standard InChI is InChI=1S/C14H18N4O.2ClH/c1-11-3-2-4-12(9-11)14-16-13(19-17-14)10-18-7-5-15-6-8-18;;/h2-4,9,15H,5-8,10H2,1H3;2*1H. The fraction of sp³-hybridized carbons (Fsp3) is 0.429. The van der Waals surface area contributed by atoms with Crippen LogP contribution in [0.5, 0.6) is 0 Å². The van der Waals surface area contributed by atoms with Gasteiger partial charge in [-0.25, -0.2) is 0 Å². The van der Waals surface area contributed by atoms with Gasteiger partial charge in [0.05, 0.1) is 6.54 Å². The van der Waals surface area contributed by atoms with Crippen molar-refractivity contribution in [3.63, 3.8) is 0 Å². The van der Waals surface area contributed by atoms with Crippen LogP contribution in [0.4, 0.5) is 0 Å². The molecule has 0 atom stereocenters. The van der Waals surface area contributed by atoms with Crippen molar-refractivity contribution >= 4 is 24.8 Å². The predicted octanol–water partition coefficient (Wildman–Crippen LogP) is 2.29. The third kappa shape index (κ3) is 4.68. The van der Waals surface area contributed by atoms with E-state index >= 15 is 0 Å². The van der Waals surface area contributed by atoms with E-state index in [0.29, 0.717) is 11.7 Å². The molecule has 1 aromatic carbocycles. The fourth-order valence-electron chi connectivity index (χ4n) is 2.28. The number of hydrogen-bond donors (Lipinski definition) is 1. The van der Waals surface area contributed by atoms with Crippen LogP contribution in [0.15, 0.2) is 28.8 Å². The Morgan fingerprint density at radius 3 is 2.71 bits per heavy atom. The molecule has 0 saturated carbocycles. The van der Waals surface area contributed by atoms with Crippen LogP contribution in [-0.4, -0.2) is 41.2 Å². The second kappa shape index (κ2) is 8.34. The summed E-state index contributed by atoms with van der Waals surface area (Å²) in [6.07, 6.45) is 0. The second-order valence-electron chi connectivity index (χ2n) is 4.91. The number of aryl methyl sites for hydroxylation is 1. The summed E-state index contributed by atoms with van der Waals surface area (Å²) in [6, 6.07) is 8.15. The minimum Gasteiger partial charge on any atom is -0.338 e. The molecule has 0 bridgehead atoms. The molecule has 1 aromatic heterocycles. The number of piperazine rings is 1. The SMILES string of the molecule is Cc1cccc(-c2noc(CN3CCNCC3)n2)c1.Cl.Cl. The lowest BCUT2D eigenvalue weighted by Gasteiger charge is -2.25. The van der Waals surface area contributed by atoms with Crippen LogP contribution in [0.3, 0.4) is 0 Å². The number of rotatable bonds is 3. The Balaban J connectivity index is 0.00000110. The molecule has 1 saturated heterocycles. The van der Waals surface area contributed by atoms with Crippen LogP contribution in [0.1, 0.15) is 11.5 Å². The lowest BCUT2D eigenvalue weighted by molar-refractivity contribution is 0.203. The van der Waals surface area contributed by atoms with Crippen molar-refractivity contribution in [1.29, 1.82) is 0 Å². The summed E-state index contributed by atoms with van der Waals surface area (Å²) in [6.45, 7) is 6.91. The number of hydrogen-bond acceptors (Lipinski definition) is 5. The summed E-state index contributed by atoms with van der Waals surface area (Å²) in [5.74, 6) is 1.37. The number of nitrogens with one attached hydrogen (secondary N) is 1. The summed E-state index contributed by atoms with van der Waals surface area (Å²) < 4.78 is 5.34. The zero-order chi connectivity index (χ0) is 13.1. The Labute approximate surface area is 136 Å². The highest BCUT2D eigenvalue weighted by Gasteiger charge is 2.14. The van der Waals surface area contributed by atoms with Gasteiger partial charge in [0.15, 0.2) is 0 Å². The first kappa shape index (κ1) is 17.9. The molecule has 116 valence electrons. The van der Waals surface area contributed by atoms with E-state index in [1.165, 1.54) is 5.56 Å². The van der Waals surface area contributed by atoms with Gasteiger partial charge in [0.1, 0.15) is 0 Å². The number of halogens is 2. The van der Waals surface area contributed by atoms with Gasteiger partial charge >= 0.3 is 0 Å². The molecule has 1 aliphatic rings. The molecule has 21 heavy (non-hydrogen) atoms. The third-order valence-electron chi connectivity index (χ3n) is 3.31. The average molecular weight is 331 g/mol. The van der Waals surface area contributed by atoms with Crippen molar-refractivity contribution in [3.8, 4) is 11.4 Å². The molecule has 1 fully saturated rings. The normalized spacial score (nSPS) is 15.1. The maximum Gasteiger partial charge on any atom is 0.241 e. The van der Waals surface area contributed by atoms with Crippen LogP contribution >= 0.6 is 24.8 Å². The van der Waals surface area contributed by atoms with Crippen LogP contribution in [0.2, 0.25) is 0 Å². The summed E-state index contributed by atoms with van der Waals surface area (Å²) in [7, 11) is 0. The van der Waals surface area contributed by atoms with Gasteiger partial charge in [-0.15, -0.1) is 24.8 Å². The van der Waals surface area contributed by atoms with E-state index in [1.807, 2.05) is 12.1 Å². The lowest BCUT2D eigenvalue weighted by Crippen LogP contribution is -2.42. The Bertz CT molecular complexity index is 555. The molecule has 0 aliphatic carbocycles. The first-order valence-corrected chi connectivity index (χ1v) is 6.64. The van der Waals surface area contributed by atoms with E-state index in [2.05, 4.69) is 39.4 Å². The van der Waals surface area contributed by atoms with Crippen LogP contribution in [-0.2, 0) is 6.54 Å². The maximum atomic E-state index is 5.34. The van der Waals surface area contributed by atoms with E-state index in [9.17, 15) is 0 Å². The van der Waals surface area contributed by atoms with E-state index in [4.69, 9.17) is 4.52 Å². The van der Waals surface area contributed by atoms with Crippen molar-refractivity contribution in [2.24, 2.45) is 0 Å². The van der Waals surface area contributed by atoms with Crippen molar-refractivity contribution in [3.05, 3.63) is 35.7 Å². The molecule has 7 heteroatoms. The molecule has 2 heterocycles. The van der Waals surface area contributed by atoms with E-state index < -0.39 is 0 Å². The van der Waals surface area contributed by atoms with Gasteiger partial charge in [-0.1, -0.05) is 28.9 Å². The summed E-state index contributed by atoms with van der Waals surface area (Å²) in [5, 5.41) is 7.39. The highest BCUT2D eigenvalue weighted by Crippen LogP contribution is 2.17. The van der Waals surface area contributed by atoms with Crippen LogP contribution in [0, 0.1) is 6.92 Å². The van der Waals surface area contributed by atoms with Crippen LogP contribution < -0.4 is 5.32 Å². The average Bonchev–Trinajstić information content (AvgIpc) is 2.88. The molecule has 1 N–H and O–H groups in total. The van der Waals surface area contributed by atoms with Gasteiger partial charge in [0.25, 0.3) is 0 Å². The van der Waals surface area contributed by atoms with Gasteiger partial charge in [-0.2, -0.15) is 4.98 Å². The summed E-state index contributed by atoms with van der Waals surface area (Å²) in [5.41, 5.74) is 2.21. The molecule has 5 nitrogen and oxygen atoms in total. The quantitative estimate of drug-likeness (QED) is 0.935. The first-order chi connectivity index (χ1) is 9.31. The Morgan fingerprint density at radius 1 is 1.24 bits per heavy atom. The van der Waals surface area contributed by atoms with Crippen molar-refractivity contribution in [2.75, 3.05) is 26.2 Å². The lowest BCUT2D eigenvalue weighted by atomic mass is 10.1. The number of aromatic nitrogens is 2. The molecule has 0 amide bonds. The van der Waals surface area contributed by atoms with Crippen molar-refractivity contribution < 1.29 is 4.52 Å². The highest BCUT2D eigenvalue weighted by atomic mass is 35.5. The first-order valence-electron chi connectivity index (χ1n) is 6.64. The Morgan fingerprint density at radius 2 is 2.00 bits per heavy atom. The molecule has 3 rings (SSSR count). The third-order valence-corrected chi connectivity index (χ3v) is 3.31. The Hall–Kier alpha value is -1.14. The van der Waals surface area contributed by atoms with E-state index in [0.717, 1.165) is 38.3 Å². The van der Waals surface area contributed by atoms with Gasteiger partial charge < -0.3 is 9.84 Å². The molecule has 2 aromatic rings. The summed E-state index contributed by atoms with van der Waals surface area (Å²) in [4.78, 5) is 6.80. The molecular formula is C14H20Cl2N4O. The fourth-order valence-corrected chi connectivity index (χ4v) is 2.28. The maximum absolute atomic E-state index is 5.34. The molecular weight excluding hydrogens is 311 g/mol.